The molecule has 1 aromatic heterocycles. The SMILES string of the molecule is CCOC(=O)C=Cc1ccc(-n2cnc(C)c2)c(OC)c1. The van der Waals surface area contributed by atoms with E-state index in [1.165, 1.54) is 6.08 Å². The smallest absolute Gasteiger partial charge is 0.330 e. The standard InChI is InChI=1S/C16H18N2O3/c1-4-21-16(19)8-6-13-5-7-14(15(9-13)20-3)18-10-12(2)17-11-18/h5-11H,4H2,1-3H3. The van der Waals surface area contributed by atoms with E-state index >= 15 is 0 Å². The number of nitrogens with zero attached hydrogens (tertiary/aromatic N) is 2. The summed E-state index contributed by atoms with van der Waals surface area (Å²) in [6.07, 6.45) is 6.76. The Bertz CT molecular complexity index is 659. The molecule has 0 radical (unpaired) electrons. The minimum atomic E-state index is -0.356. The number of hydrogen-bond donors (Lipinski definition) is 0. The van der Waals surface area contributed by atoms with Crippen LogP contribution in [0.3, 0.4) is 0 Å². The molecule has 0 unspecified atom stereocenters. The molecule has 0 atom stereocenters. The van der Waals surface area contributed by atoms with Gasteiger partial charge in [-0.3, -0.25) is 0 Å². The second kappa shape index (κ2) is 6.74. The van der Waals surface area contributed by atoms with Crippen LogP contribution in [-0.4, -0.2) is 29.2 Å². The van der Waals surface area contributed by atoms with Crippen LogP contribution in [0.2, 0.25) is 0 Å². The number of esters is 1. The Morgan fingerprint density at radius 3 is 2.86 bits per heavy atom. The molecule has 0 spiro atoms. The second-order valence-electron chi connectivity index (χ2n) is 4.44. The van der Waals surface area contributed by atoms with E-state index in [1.807, 2.05) is 35.9 Å². The minimum Gasteiger partial charge on any atom is -0.495 e. The van der Waals surface area contributed by atoms with Gasteiger partial charge in [-0.2, -0.15) is 0 Å². The number of methoxy groups -OCH3 is 1. The number of ether oxygens (including phenoxy) is 2. The van der Waals surface area contributed by atoms with Crippen LogP contribution in [0.4, 0.5) is 0 Å². The highest BCUT2D eigenvalue weighted by Gasteiger charge is 2.06. The van der Waals surface area contributed by atoms with Crippen molar-refractivity contribution in [3.8, 4) is 11.4 Å². The molecule has 1 heterocycles. The van der Waals surface area contributed by atoms with Crippen molar-refractivity contribution in [1.29, 1.82) is 0 Å². The third-order valence-corrected chi connectivity index (χ3v) is 2.89. The van der Waals surface area contributed by atoms with Crippen LogP contribution in [0.25, 0.3) is 11.8 Å². The first-order chi connectivity index (χ1) is 10.1. The van der Waals surface area contributed by atoms with Crippen molar-refractivity contribution >= 4 is 12.0 Å². The molecule has 21 heavy (non-hydrogen) atoms. The quantitative estimate of drug-likeness (QED) is 0.626. The summed E-state index contributed by atoms with van der Waals surface area (Å²) in [5.41, 5.74) is 2.69. The fourth-order valence-corrected chi connectivity index (χ4v) is 1.92. The van der Waals surface area contributed by atoms with E-state index in [4.69, 9.17) is 9.47 Å². The maximum absolute atomic E-state index is 11.3. The minimum absolute atomic E-state index is 0.356. The summed E-state index contributed by atoms with van der Waals surface area (Å²) in [4.78, 5) is 15.5. The fourth-order valence-electron chi connectivity index (χ4n) is 1.92. The molecule has 2 rings (SSSR count). The Kier molecular flexibility index (Phi) is 4.77. The molecule has 0 aliphatic carbocycles. The highest BCUT2D eigenvalue weighted by molar-refractivity contribution is 5.87. The summed E-state index contributed by atoms with van der Waals surface area (Å²) in [5.74, 6) is 0.351. The van der Waals surface area contributed by atoms with Crippen molar-refractivity contribution in [3.63, 3.8) is 0 Å². The van der Waals surface area contributed by atoms with Crippen LogP contribution in [0.5, 0.6) is 5.75 Å². The van der Waals surface area contributed by atoms with E-state index in [0.717, 1.165) is 16.9 Å². The molecule has 0 amide bonds. The lowest BCUT2D eigenvalue weighted by molar-refractivity contribution is -0.137. The zero-order valence-corrected chi connectivity index (χ0v) is 12.4. The van der Waals surface area contributed by atoms with Crippen molar-refractivity contribution in [3.05, 3.63) is 48.1 Å². The predicted octanol–water partition coefficient (Wildman–Crippen LogP) is 2.77. The van der Waals surface area contributed by atoms with Gasteiger partial charge in [0.1, 0.15) is 5.75 Å². The normalized spacial score (nSPS) is 10.8. The van der Waals surface area contributed by atoms with Crippen LogP contribution in [0.15, 0.2) is 36.8 Å². The van der Waals surface area contributed by atoms with Gasteiger partial charge in [0.2, 0.25) is 0 Å². The molecule has 0 bridgehead atoms. The van der Waals surface area contributed by atoms with E-state index < -0.39 is 0 Å². The van der Waals surface area contributed by atoms with Gasteiger partial charge in [0.05, 0.1) is 31.4 Å². The molecule has 0 N–H and O–H groups in total. The second-order valence-corrected chi connectivity index (χ2v) is 4.44. The average Bonchev–Trinajstić information content (AvgIpc) is 2.91. The largest absolute Gasteiger partial charge is 0.495 e. The first kappa shape index (κ1) is 14.8. The zero-order chi connectivity index (χ0) is 15.2. The fraction of sp³-hybridized carbons (Fsp3) is 0.250. The van der Waals surface area contributed by atoms with Gasteiger partial charge < -0.3 is 14.0 Å². The van der Waals surface area contributed by atoms with Gasteiger partial charge in [0.15, 0.2) is 0 Å². The summed E-state index contributed by atoms with van der Waals surface area (Å²) in [5, 5.41) is 0. The Morgan fingerprint density at radius 2 is 2.24 bits per heavy atom. The highest BCUT2D eigenvalue weighted by Crippen LogP contribution is 2.25. The predicted molar refractivity (Wildman–Crippen MR) is 80.5 cm³/mol. The molecule has 5 heteroatoms. The Morgan fingerprint density at radius 1 is 1.43 bits per heavy atom. The third-order valence-electron chi connectivity index (χ3n) is 2.89. The molecular weight excluding hydrogens is 268 g/mol. The molecule has 1 aromatic carbocycles. The van der Waals surface area contributed by atoms with Crippen molar-refractivity contribution in [1.82, 2.24) is 9.55 Å². The van der Waals surface area contributed by atoms with Crippen LogP contribution in [0, 0.1) is 6.92 Å². The number of rotatable bonds is 5. The van der Waals surface area contributed by atoms with E-state index in [2.05, 4.69) is 4.98 Å². The van der Waals surface area contributed by atoms with Crippen LogP contribution < -0.4 is 4.74 Å². The summed E-state index contributed by atoms with van der Waals surface area (Å²) in [6.45, 7) is 4.07. The van der Waals surface area contributed by atoms with E-state index in [1.54, 1.807) is 26.4 Å². The first-order valence-electron chi connectivity index (χ1n) is 6.68. The Hall–Kier alpha value is -2.56. The zero-order valence-electron chi connectivity index (χ0n) is 12.4. The lowest BCUT2D eigenvalue weighted by Crippen LogP contribution is -1.99. The molecule has 110 valence electrons. The lowest BCUT2D eigenvalue weighted by atomic mass is 10.1. The Labute approximate surface area is 123 Å². The third kappa shape index (κ3) is 3.72. The molecule has 0 fully saturated rings. The number of hydrogen-bond acceptors (Lipinski definition) is 4. The molecule has 0 saturated carbocycles. The van der Waals surface area contributed by atoms with Gasteiger partial charge in [-0.15, -0.1) is 0 Å². The van der Waals surface area contributed by atoms with Gasteiger partial charge >= 0.3 is 5.97 Å². The van der Waals surface area contributed by atoms with E-state index in [0.29, 0.717) is 12.4 Å². The van der Waals surface area contributed by atoms with Crippen LogP contribution in [0.1, 0.15) is 18.2 Å². The molecule has 0 saturated heterocycles. The summed E-state index contributed by atoms with van der Waals surface area (Å²) in [6, 6.07) is 5.69. The number of aryl methyl sites for hydroxylation is 1. The van der Waals surface area contributed by atoms with Gasteiger partial charge in [-0.05, 0) is 37.6 Å². The number of carbonyl (C=O) groups excluding carboxylic acids is 1. The van der Waals surface area contributed by atoms with Gasteiger partial charge in [0.25, 0.3) is 0 Å². The average molecular weight is 286 g/mol. The maximum atomic E-state index is 11.3. The summed E-state index contributed by atoms with van der Waals surface area (Å²) >= 11 is 0. The lowest BCUT2D eigenvalue weighted by Gasteiger charge is -2.09. The Balaban J connectivity index is 2.26. The molecule has 0 aliphatic rings. The monoisotopic (exact) mass is 286 g/mol. The molecule has 0 aliphatic heterocycles. The van der Waals surface area contributed by atoms with Crippen LogP contribution in [-0.2, 0) is 9.53 Å². The van der Waals surface area contributed by atoms with Gasteiger partial charge in [-0.1, -0.05) is 6.07 Å². The topological polar surface area (TPSA) is 53.4 Å². The molecule has 2 aromatic rings. The summed E-state index contributed by atoms with van der Waals surface area (Å²) in [7, 11) is 1.61. The van der Waals surface area contributed by atoms with Crippen molar-refractivity contribution < 1.29 is 14.3 Å². The number of aromatic nitrogens is 2. The number of benzene rings is 1. The number of imidazole rings is 1. The van der Waals surface area contributed by atoms with Crippen molar-refractivity contribution in [2.24, 2.45) is 0 Å². The van der Waals surface area contributed by atoms with Crippen LogP contribution >= 0.6 is 0 Å². The van der Waals surface area contributed by atoms with E-state index in [9.17, 15) is 4.79 Å². The van der Waals surface area contributed by atoms with Crippen molar-refractivity contribution in [2.45, 2.75) is 13.8 Å². The first-order valence-corrected chi connectivity index (χ1v) is 6.68. The number of carbonyl (C=O) groups is 1. The maximum Gasteiger partial charge on any atom is 0.330 e. The summed E-state index contributed by atoms with van der Waals surface area (Å²) < 4.78 is 12.1. The van der Waals surface area contributed by atoms with E-state index in [-0.39, 0.29) is 5.97 Å². The molecular formula is C16H18N2O3. The van der Waals surface area contributed by atoms with Crippen molar-refractivity contribution in [2.75, 3.05) is 13.7 Å². The molecule has 5 nitrogen and oxygen atoms in total. The highest BCUT2D eigenvalue weighted by atomic mass is 16.5. The van der Waals surface area contributed by atoms with Gasteiger partial charge in [0, 0.05) is 12.3 Å². The van der Waals surface area contributed by atoms with Gasteiger partial charge in [-0.25, -0.2) is 9.78 Å².